The van der Waals surface area contributed by atoms with Gasteiger partial charge in [0.15, 0.2) is 11.5 Å². The Morgan fingerprint density at radius 1 is 0.857 bits per heavy atom. The van der Waals surface area contributed by atoms with Crippen LogP contribution in [0.5, 0.6) is 23.0 Å². The zero-order chi connectivity index (χ0) is 19.7. The number of nitrogens with zero attached hydrogens (tertiary/aromatic N) is 2. The molecule has 0 spiro atoms. The molecule has 7 nitrogen and oxygen atoms in total. The summed E-state index contributed by atoms with van der Waals surface area (Å²) < 4.78 is 16.9. The molecule has 2 aromatic carbocycles. The highest BCUT2D eigenvalue weighted by molar-refractivity contribution is 5.89. The van der Waals surface area contributed by atoms with Crippen molar-refractivity contribution in [3.8, 4) is 23.0 Å². The molecular formula is C21H19N3O4. The lowest BCUT2D eigenvalue weighted by Crippen LogP contribution is -2.10. The summed E-state index contributed by atoms with van der Waals surface area (Å²) in [7, 11) is 3.17. The zero-order valence-electron chi connectivity index (χ0n) is 15.4. The van der Waals surface area contributed by atoms with Crippen molar-refractivity contribution in [3.63, 3.8) is 0 Å². The van der Waals surface area contributed by atoms with Gasteiger partial charge in [-0.25, -0.2) is 0 Å². The van der Waals surface area contributed by atoms with Gasteiger partial charge in [-0.1, -0.05) is 0 Å². The molecule has 1 atom stereocenters. The van der Waals surface area contributed by atoms with Crippen LogP contribution in [0.1, 0.15) is 11.9 Å². The van der Waals surface area contributed by atoms with Gasteiger partial charge in [-0.2, -0.15) is 0 Å². The van der Waals surface area contributed by atoms with E-state index in [-0.39, 0.29) is 0 Å². The van der Waals surface area contributed by atoms with Crippen molar-refractivity contribution in [3.05, 3.63) is 60.6 Å². The normalized spacial score (nSPS) is 12.1. The second-order valence-corrected chi connectivity index (χ2v) is 6.16. The molecule has 0 saturated heterocycles. The van der Waals surface area contributed by atoms with Gasteiger partial charge in [-0.15, -0.1) is 0 Å². The molecule has 2 aromatic heterocycles. The van der Waals surface area contributed by atoms with Gasteiger partial charge in [-0.3, -0.25) is 9.97 Å². The Labute approximate surface area is 161 Å². The van der Waals surface area contributed by atoms with E-state index in [0.29, 0.717) is 28.7 Å². The van der Waals surface area contributed by atoms with Gasteiger partial charge >= 0.3 is 0 Å². The average molecular weight is 377 g/mol. The van der Waals surface area contributed by atoms with E-state index in [1.807, 2.05) is 36.4 Å². The summed E-state index contributed by atoms with van der Waals surface area (Å²) in [6.45, 7) is 0. The molecule has 28 heavy (non-hydrogen) atoms. The van der Waals surface area contributed by atoms with Crippen LogP contribution in [0.4, 0.5) is 0 Å². The van der Waals surface area contributed by atoms with Crippen LogP contribution in [0.3, 0.4) is 0 Å². The second-order valence-electron chi connectivity index (χ2n) is 6.16. The zero-order valence-corrected chi connectivity index (χ0v) is 15.4. The van der Waals surface area contributed by atoms with Crippen molar-refractivity contribution in [1.29, 1.82) is 0 Å². The molecule has 4 aromatic rings. The topological polar surface area (TPSA) is 99.7 Å². The lowest BCUT2D eigenvalue weighted by molar-refractivity contribution is 0.183. The minimum atomic E-state index is -1.14. The molecule has 0 radical (unpaired) electrons. The number of benzene rings is 2. The number of fused-ring (bicyclic) bond motifs is 2. The largest absolute Gasteiger partial charge is 0.493 e. The fourth-order valence-corrected chi connectivity index (χ4v) is 3.14. The van der Waals surface area contributed by atoms with Gasteiger partial charge in [0.25, 0.3) is 0 Å². The minimum absolute atomic E-state index is 0.426. The molecule has 0 saturated carbocycles. The Bertz CT molecular complexity index is 1160. The van der Waals surface area contributed by atoms with Crippen molar-refractivity contribution in [2.24, 2.45) is 5.73 Å². The van der Waals surface area contributed by atoms with E-state index >= 15 is 0 Å². The smallest absolute Gasteiger partial charge is 0.162 e. The molecular weight excluding hydrogens is 358 g/mol. The van der Waals surface area contributed by atoms with Crippen molar-refractivity contribution in [1.82, 2.24) is 9.97 Å². The number of aliphatic hydroxyl groups is 1. The molecule has 3 N–H and O–H groups in total. The van der Waals surface area contributed by atoms with Crippen molar-refractivity contribution < 1.29 is 19.3 Å². The summed E-state index contributed by atoms with van der Waals surface area (Å²) in [5.74, 6) is 2.47. The molecule has 0 fully saturated rings. The third kappa shape index (κ3) is 3.17. The number of nitrogens with two attached hydrogens (primary N) is 1. The first-order valence-corrected chi connectivity index (χ1v) is 8.61. The number of rotatable bonds is 5. The molecule has 2 heterocycles. The first-order chi connectivity index (χ1) is 13.6. The molecule has 0 aliphatic carbocycles. The SMILES string of the molecule is COc1cc2nccc(Oc3ccc4c(C(N)O)nccc4c3)c2cc1OC. The highest BCUT2D eigenvalue weighted by Gasteiger charge is 2.13. The van der Waals surface area contributed by atoms with Gasteiger partial charge < -0.3 is 25.1 Å². The molecule has 0 aliphatic heterocycles. The summed E-state index contributed by atoms with van der Waals surface area (Å²) in [4.78, 5) is 8.53. The minimum Gasteiger partial charge on any atom is -0.493 e. The van der Waals surface area contributed by atoms with Gasteiger partial charge in [0.2, 0.25) is 0 Å². The van der Waals surface area contributed by atoms with Crippen molar-refractivity contribution in [2.75, 3.05) is 14.2 Å². The van der Waals surface area contributed by atoms with Crippen LogP contribution in [0, 0.1) is 0 Å². The summed E-state index contributed by atoms with van der Waals surface area (Å²) >= 11 is 0. The molecule has 0 amide bonds. The summed E-state index contributed by atoms with van der Waals surface area (Å²) in [5.41, 5.74) is 6.74. The van der Waals surface area contributed by atoms with Crippen LogP contribution in [0.2, 0.25) is 0 Å². The Hall–Kier alpha value is -3.42. The van der Waals surface area contributed by atoms with E-state index in [4.69, 9.17) is 19.9 Å². The quantitative estimate of drug-likeness (QED) is 0.513. The van der Waals surface area contributed by atoms with E-state index in [1.54, 1.807) is 32.7 Å². The third-order valence-corrected chi connectivity index (χ3v) is 4.48. The lowest BCUT2D eigenvalue weighted by Gasteiger charge is -2.13. The van der Waals surface area contributed by atoms with E-state index < -0.39 is 6.23 Å². The fourth-order valence-electron chi connectivity index (χ4n) is 3.14. The van der Waals surface area contributed by atoms with Gasteiger partial charge in [0, 0.05) is 29.2 Å². The molecule has 142 valence electrons. The number of aromatic nitrogens is 2. The highest BCUT2D eigenvalue weighted by atomic mass is 16.5. The Kier molecular flexibility index (Phi) is 4.68. The summed E-state index contributed by atoms with van der Waals surface area (Å²) in [5, 5.41) is 12.1. The number of methoxy groups -OCH3 is 2. The Morgan fingerprint density at radius 2 is 1.61 bits per heavy atom. The average Bonchev–Trinajstić information content (AvgIpc) is 2.72. The van der Waals surface area contributed by atoms with Crippen LogP contribution < -0.4 is 19.9 Å². The molecule has 0 bridgehead atoms. The fraction of sp³-hybridized carbons (Fsp3) is 0.143. The van der Waals surface area contributed by atoms with E-state index in [2.05, 4.69) is 9.97 Å². The lowest BCUT2D eigenvalue weighted by atomic mass is 10.1. The van der Waals surface area contributed by atoms with Crippen molar-refractivity contribution >= 4 is 21.7 Å². The monoisotopic (exact) mass is 377 g/mol. The van der Waals surface area contributed by atoms with Crippen LogP contribution in [0.25, 0.3) is 21.7 Å². The number of pyridine rings is 2. The third-order valence-electron chi connectivity index (χ3n) is 4.48. The van der Waals surface area contributed by atoms with Gasteiger partial charge in [0.1, 0.15) is 17.7 Å². The molecule has 4 rings (SSSR count). The first kappa shape index (κ1) is 18.0. The van der Waals surface area contributed by atoms with Crippen LogP contribution >= 0.6 is 0 Å². The molecule has 0 aliphatic rings. The molecule has 7 heteroatoms. The van der Waals surface area contributed by atoms with Crippen LogP contribution in [-0.4, -0.2) is 29.3 Å². The Morgan fingerprint density at radius 3 is 2.36 bits per heavy atom. The van der Waals surface area contributed by atoms with Gasteiger partial charge in [-0.05, 0) is 41.8 Å². The highest BCUT2D eigenvalue weighted by Crippen LogP contribution is 2.37. The predicted octanol–water partition coefficient (Wildman–Crippen LogP) is 3.54. The van der Waals surface area contributed by atoms with Crippen LogP contribution in [0.15, 0.2) is 54.9 Å². The number of ether oxygens (including phenoxy) is 3. The van der Waals surface area contributed by atoms with Crippen LogP contribution in [-0.2, 0) is 0 Å². The molecule has 1 unspecified atom stereocenters. The van der Waals surface area contributed by atoms with E-state index in [9.17, 15) is 5.11 Å². The maximum atomic E-state index is 9.69. The standard InChI is InChI=1S/C21H19N3O4/c1-26-18-10-15-16(11-19(18)27-2)23-8-6-17(15)28-13-3-4-14-12(9-13)5-7-24-20(14)21(22)25/h3-11,21,25H,22H2,1-2H3. The van der Waals surface area contributed by atoms with E-state index in [0.717, 1.165) is 21.7 Å². The number of aliphatic hydroxyl groups excluding tert-OH is 1. The van der Waals surface area contributed by atoms with E-state index in [1.165, 1.54) is 0 Å². The number of hydrogen-bond donors (Lipinski definition) is 2. The Balaban J connectivity index is 1.77. The maximum absolute atomic E-state index is 9.69. The maximum Gasteiger partial charge on any atom is 0.162 e. The number of hydrogen-bond acceptors (Lipinski definition) is 7. The van der Waals surface area contributed by atoms with Gasteiger partial charge in [0.05, 0.1) is 25.4 Å². The van der Waals surface area contributed by atoms with Crippen molar-refractivity contribution in [2.45, 2.75) is 6.23 Å². The summed E-state index contributed by atoms with van der Waals surface area (Å²) in [6, 6.07) is 12.8. The first-order valence-electron chi connectivity index (χ1n) is 8.61. The second kappa shape index (κ2) is 7.30. The summed E-state index contributed by atoms with van der Waals surface area (Å²) in [6.07, 6.45) is 2.15. The predicted molar refractivity (Wildman–Crippen MR) is 106 cm³/mol.